The summed E-state index contributed by atoms with van der Waals surface area (Å²) in [4.78, 5) is 11.2. The topological polar surface area (TPSA) is 67.2 Å². The molecule has 1 amide bonds. The maximum Gasteiger partial charge on any atom is 0.249 e. The van der Waals surface area contributed by atoms with Gasteiger partial charge < -0.3 is 16.4 Å². The van der Waals surface area contributed by atoms with Crippen molar-refractivity contribution < 1.29 is 4.79 Å². The number of primary amides is 1. The van der Waals surface area contributed by atoms with E-state index in [-0.39, 0.29) is 5.91 Å². The third-order valence-corrected chi connectivity index (χ3v) is 3.26. The van der Waals surface area contributed by atoms with Crippen LogP contribution >= 0.6 is 0 Å². The second-order valence-electron chi connectivity index (χ2n) is 4.53. The molecule has 1 atom stereocenters. The van der Waals surface area contributed by atoms with Gasteiger partial charge in [-0.1, -0.05) is 6.07 Å². The molecule has 1 aromatic rings. The van der Waals surface area contributed by atoms with E-state index in [4.69, 9.17) is 5.73 Å². The first-order chi connectivity index (χ1) is 8.18. The molecule has 4 heteroatoms. The second-order valence-corrected chi connectivity index (χ2v) is 4.53. The van der Waals surface area contributed by atoms with E-state index in [0.717, 1.165) is 30.8 Å². The zero-order valence-electron chi connectivity index (χ0n) is 10.1. The van der Waals surface area contributed by atoms with Gasteiger partial charge in [0, 0.05) is 23.8 Å². The maximum atomic E-state index is 11.2. The third kappa shape index (κ3) is 2.77. The van der Waals surface area contributed by atoms with Gasteiger partial charge in [-0.05, 0) is 44.0 Å². The number of carbonyl (C=O) groups is 1. The lowest BCUT2D eigenvalue weighted by Gasteiger charge is -2.26. The summed E-state index contributed by atoms with van der Waals surface area (Å²) < 4.78 is 0. The van der Waals surface area contributed by atoms with Crippen molar-refractivity contribution >= 4 is 11.6 Å². The molecule has 1 unspecified atom stereocenters. The van der Waals surface area contributed by atoms with Crippen LogP contribution in [0.5, 0.6) is 0 Å². The average Bonchev–Trinajstić information content (AvgIpc) is 2.33. The highest BCUT2D eigenvalue weighted by molar-refractivity contribution is 5.95. The van der Waals surface area contributed by atoms with Crippen LogP contribution in [0.25, 0.3) is 0 Å². The van der Waals surface area contributed by atoms with Gasteiger partial charge in [0.1, 0.15) is 0 Å². The number of benzene rings is 1. The van der Waals surface area contributed by atoms with Gasteiger partial charge in [-0.2, -0.15) is 0 Å². The molecule has 0 aromatic heterocycles. The Hall–Kier alpha value is -1.55. The molecule has 0 bridgehead atoms. The van der Waals surface area contributed by atoms with E-state index in [1.54, 1.807) is 6.07 Å². The van der Waals surface area contributed by atoms with Crippen LogP contribution in [0.3, 0.4) is 0 Å². The Balaban J connectivity index is 2.15. The number of amides is 1. The molecule has 4 nitrogen and oxygen atoms in total. The van der Waals surface area contributed by atoms with Gasteiger partial charge in [0.25, 0.3) is 0 Å². The minimum Gasteiger partial charge on any atom is -0.381 e. The van der Waals surface area contributed by atoms with Gasteiger partial charge in [-0.3, -0.25) is 4.79 Å². The van der Waals surface area contributed by atoms with Gasteiger partial charge in [0.2, 0.25) is 5.91 Å². The fourth-order valence-corrected chi connectivity index (χ4v) is 2.25. The number of hydrogen-bond donors (Lipinski definition) is 3. The fraction of sp³-hybridized carbons (Fsp3) is 0.462. The van der Waals surface area contributed by atoms with E-state index >= 15 is 0 Å². The van der Waals surface area contributed by atoms with Crippen LogP contribution in [0.2, 0.25) is 0 Å². The fourth-order valence-electron chi connectivity index (χ4n) is 2.25. The third-order valence-electron chi connectivity index (χ3n) is 3.26. The van der Waals surface area contributed by atoms with Gasteiger partial charge in [0.15, 0.2) is 0 Å². The Labute approximate surface area is 102 Å². The Morgan fingerprint density at radius 1 is 1.53 bits per heavy atom. The lowest BCUT2D eigenvalue weighted by Crippen LogP contribution is -2.38. The van der Waals surface area contributed by atoms with Crippen LogP contribution in [0.4, 0.5) is 5.69 Å². The van der Waals surface area contributed by atoms with Crippen LogP contribution in [-0.4, -0.2) is 25.0 Å². The van der Waals surface area contributed by atoms with Gasteiger partial charge in [-0.25, -0.2) is 0 Å². The lowest BCUT2D eigenvalue weighted by molar-refractivity contribution is 0.1000. The number of rotatable bonds is 3. The van der Waals surface area contributed by atoms with E-state index < -0.39 is 0 Å². The molecular formula is C13H19N3O. The standard InChI is InChI=1S/C13H19N3O/c1-9-11(13(14)17)5-2-6-12(9)16-10-4-3-7-15-8-10/h2,5-6,10,15-16H,3-4,7-8H2,1H3,(H2,14,17). The van der Waals surface area contributed by atoms with E-state index in [9.17, 15) is 4.79 Å². The molecule has 0 aliphatic carbocycles. The van der Waals surface area contributed by atoms with Crippen molar-refractivity contribution in [2.24, 2.45) is 5.73 Å². The zero-order chi connectivity index (χ0) is 12.3. The summed E-state index contributed by atoms with van der Waals surface area (Å²) in [5.41, 5.74) is 7.88. The number of piperidine rings is 1. The molecule has 1 aromatic carbocycles. The number of hydrogen-bond acceptors (Lipinski definition) is 3. The molecule has 0 spiro atoms. The van der Waals surface area contributed by atoms with Gasteiger partial charge in [0.05, 0.1) is 0 Å². The van der Waals surface area contributed by atoms with Crippen molar-refractivity contribution in [3.63, 3.8) is 0 Å². The maximum absolute atomic E-state index is 11.2. The summed E-state index contributed by atoms with van der Waals surface area (Å²) in [5, 5.41) is 6.83. The lowest BCUT2D eigenvalue weighted by atomic mass is 10.0. The summed E-state index contributed by atoms with van der Waals surface area (Å²) in [6.45, 7) is 4.00. The SMILES string of the molecule is Cc1c(NC2CCCNC2)cccc1C(N)=O. The zero-order valence-corrected chi connectivity index (χ0v) is 10.1. The van der Waals surface area contributed by atoms with Crippen LogP contribution in [-0.2, 0) is 0 Å². The van der Waals surface area contributed by atoms with Crippen molar-refractivity contribution in [2.45, 2.75) is 25.8 Å². The van der Waals surface area contributed by atoms with E-state index in [1.807, 2.05) is 19.1 Å². The van der Waals surface area contributed by atoms with Crippen molar-refractivity contribution in [1.82, 2.24) is 5.32 Å². The highest BCUT2D eigenvalue weighted by Gasteiger charge is 2.15. The molecule has 0 saturated carbocycles. The summed E-state index contributed by atoms with van der Waals surface area (Å²) in [5.74, 6) is -0.368. The Morgan fingerprint density at radius 2 is 2.35 bits per heavy atom. The second kappa shape index (κ2) is 5.19. The van der Waals surface area contributed by atoms with Crippen LogP contribution in [0.1, 0.15) is 28.8 Å². The van der Waals surface area contributed by atoms with Gasteiger partial charge >= 0.3 is 0 Å². The molecule has 17 heavy (non-hydrogen) atoms. The summed E-state index contributed by atoms with van der Waals surface area (Å²) >= 11 is 0. The van der Waals surface area contributed by atoms with Crippen molar-refractivity contribution in [2.75, 3.05) is 18.4 Å². The largest absolute Gasteiger partial charge is 0.381 e. The quantitative estimate of drug-likeness (QED) is 0.736. The molecule has 1 heterocycles. The molecule has 92 valence electrons. The predicted octanol–water partition coefficient (Wildman–Crippen LogP) is 1.26. The minimum atomic E-state index is -0.368. The minimum absolute atomic E-state index is 0.368. The monoisotopic (exact) mass is 233 g/mol. The molecule has 1 aliphatic rings. The predicted molar refractivity (Wildman–Crippen MR) is 69.2 cm³/mol. The van der Waals surface area contributed by atoms with Crippen LogP contribution in [0.15, 0.2) is 18.2 Å². The molecular weight excluding hydrogens is 214 g/mol. The number of nitrogens with one attached hydrogen (secondary N) is 2. The highest BCUT2D eigenvalue weighted by Crippen LogP contribution is 2.20. The molecule has 1 aliphatic heterocycles. The number of carbonyl (C=O) groups excluding carboxylic acids is 1. The Bertz CT molecular complexity index is 411. The van der Waals surface area contributed by atoms with E-state index in [2.05, 4.69) is 10.6 Å². The smallest absolute Gasteiger partial charge is 0.249 e. The highest BCUT2D eigenvalue weighted by atomic mass is 16.1. The first-order valence-corrected chi connectivity index (χ1v) is 6.05. The Morgan fingerprint density at radius 3 is 3.00 bits per heavy atom. The van der Waals surface area contributed by atoms with Crippen LogP contribution in [0, 0.1) is 6.92 Å². The van der Waals surface area contributed by atoms with Crippen LogP contribution < -0.4 is 16.4 Å². The van der Waals surface area contributed by atoms with Crippen molar-refractivity contribution in [3.05, 3.63) is 29.3 Å². The van der Waals surface area contributed by atoms with E-state index in [0.29, 0.717) is 11.6 Å². The first-order valence-electron chi connectivity index (χ1n) is 6.05. The summed E-state index contributed by atoms with van der Waals surface area (Å²) in [6, 6.07) is 6.06. The molecule has 1 saturated heterocycles. The number of anilines is 1. The normalized spacial score (nSPS) is 19.9. The molecule has 4 N–H and O–H groups in total. The molecule has 0 radical (unpaired) electrons. The molecule has 2 rings (SSSR count). The summed E-state index contributed by atoms with van der Waals surface area (Å²) in [6.07, 6.45) is 2.35. The van der Waals surface area contributed by atoms with Crippen molar-refractivity contribution in [3.8, 4) is 0 Å². The Kier molecular flexibility index (Phi) is 3.64. The average molecular weight is 233 g/mol. The van der Waals surface area contributed by atoms with E-state index in [1.165, 1.54) is 6.42 Å². The first kappa shape index (κ1) is 11.9. The number of nitrogens with two attached hydrogens (primary N) is 1. The summed E-state index contributed by atoms with van der Waals surface area (Å²) in [7, 11) is 0. The molecule has 1 fully saturated rings. The van der Waals surface area contributed by atoms with Crippen molar-refractivity contribution in [1.29, 1.82) is 0 Å². The van der Waals surface area contributed by atoms with Gasteiger partial charge in [-0.15, -0.1) is 0 Å².